The average Bonchev–Trinajstić information content (AvgIpc) is 2.96. The molecule has 0 saturated heterocycles. The molecule has 0 aromatic heterocycles. The van der Waals surface area contributed by atoms with E-state index < -0.39 is 11.9 Å². The number of amides is 1. The summed E-state index contributed by atoms with van der Waals surface area (Å²) in [6.07, 6.45) is 1.24. The van der Waals surface area contributed by atoms with Crippen molar-refractivity contribution in [1.29, 1.82) is 0 Å². The minimum Gasteiger partial charge on any atom is -0.481 e. The van der Waals surface area contributed by atoms with Gasteiger partial charge in [-0.25, -0.2) is 0 Å². The second-order valence-electron chi connectivity index (χ2n) is 3.86. The number of rotatable bonds is 6. The largest absolute Gasteiger partial charge is 0.481 e. The lowest BCUT2D eigenvalue weighted by Gasteiger charge is -2.15. The summed E-state index contributed by atoms with van der Waals surface area (Å²) in [5, 5.41) is 11.4. The van der Waals surface area contributed by atoms with Gasteiger partial charge in [-0.15, -0.1) is 0 Å². The molecule has 1 aliphatic rings. The number of hydrogen-bond acceptors (Lipinski definition) is 3. The third-order valence-electron chi connectivity index (χ3n) is 2.65. The van der Waals surface area contributed by atoms with E-state index in [1.54, 1.807) is 7.11 Å². The molecule has 0 aromatic rings. The zero-order valence-electron chi connectivity index (χ0n) is 9.03. The monoisotopic (exact) mass is 215 g/mol. The van der Waals surface area contributed by atoms with Crippen LogP contribution < -0.4 is 5.32 Å². The number of aliphatic carboxylic acids is 1. The van der Waals surface area contributed by atoms with E-state index in [9.17, 15) is 9.59 Å². The maximum atomic E-state index is 11.5. The van der Waals surface area contributed by atoms with Gasteiger partial charge >= 0.3 is 5.97 Å². The molecule has 3 unspecified atom stereocenters. The van der Waals surface area contributed by atoms with Crippen molar-refractivity contribution in [3.63, 3.8) is 0 Å². The zero-order chi connectivity index (χ0) is 11.4. The minimum absolute atomic E-state index is 0.0162. The average molecular weight is 215 g/mol. The molecule has 3 atom stereocenters. The Balaban J connectivity index is 2.33. The van der Waals surface area contributed by atoms with Gasteiger partial charge < -0.3 is 15.2 Å². The van der Waals surface area contributed by atoms with Gasteiger partial charge in [0.25, 0.3) is 0 Å². The Morgan fingerprint density at radius 1 is 1.53 bits per heavy atom. The summed E-state index contributed by atoms with van der Waals surface area (Å²) in [5.41, 5.74) is 0. The fourth-order valence-corrected chi connectivity index (χ4v) is 1.53. The first-order valence-corrected chi connectivity index (χ1v) is 5.12. The Hall–Kier alpha value is -1.10. The van der Waals surface area contributed by atoms with Crippen molar-refractivity contribution in [2.24, 2.45) is 11.8 Å². The molecule has 0 spiro atoms. The SMILES string of the molecule is CCC(COC)NC(=O)C1CC1C(=O)O. The molecule has 0 radical (unpaired) electrons. The lowest BCUT2D eigenvalue weighted by Crippen LogP contribution is -2.38. The highest BCUT2D eigenvalue weighted by Gasteiger charge is 2.48. The number of carboxylic acid groups (broad SMARTS) is 1. The second kappa shape index (κ2) is 5.11. The van der Waals surface area contributed by atoms with Gasteiger partial charge in [0.1, 0.15) is 0 Å². The summed E-state index contributed by atoms with van der Waals surface area (Å²) in [5.74, 6) is -1.86. The Morgan fingerprint density at radius 3 is 2.60 bits per heavy atom. The Labute approximate surface area is 88.8 Å². The number of hydrogen-bond donors (Lipinski definition) is 2. The summed E-state index contributed by atoms with van der Waals surface area (Å²) < 4.78 is 4.94. The minimum atomic E-state index is -0.880. The summed E-state index contributed by atoms with van der Waals surface area (Å²) in [6, 6.07) is -0.0162. The van der Waals surface area contributed by atoms with Crippen LogP contribution in [0.4, 0.5) is 0 Å². The molecule has 1 fully saturated rings. The number of carboxylic acids is 1. The standard InChI is InChI=1S/C10H17NO4/c1-3-6(5-15-2)11-9(12)7-4-8(7)10(13)14/h6-8H,3-5H2,1-2H3,(H,11,12)(H,13,14). The lowest BCUT2D eigenvalue weighted by molar-refractivity contribution is -0.140. The van der Waals surface area contributed by atoms with Crippen molar-refractivity contribution in [3.05, 3.63) is 0 Å². The van der Waals surface area contributed by atoms with Crippen LogP contribution in [0.5, 0.6) is 0 Å². The quantitative estimate of drug-likeness (QED) is 0.666. The number of methoxy groups -OCH3 is 1. The molecule has 1 rings (SSSR count). The molecule has 15 heavy (non-hydrogen) atoms. The van der Waals surface area contributed by atoms with Crippen LogP contribution in [0.2, 0.25) is 0 Å². The lowest BCUT2D eigenvalue weighted by atomic mass is 10.2. The first kappa shape index (κ1) is 12.0. The van der Waals surface area contributed by atoms with Crippen LogP contribution in [-0.2, 0) is 14.3 Å². The Morgan fingerprint density at radius 2 is 2.20 bits per heavy atom. The summed E-state index contributed by atoms with van der Waals surface area (Å²) in [6.45, 7) is 2.41. The van der Waals surface area contributed by atoms with Crippen LogP contribution in [0, 0.1) is 11.8 Å². The molecule has 86 valence electrons. The van der Waals surface area contributed by atoms with E-state index >= 15 is 0 Å². The van der Waals surface area contributed by atoms with Crippen LogP contribution in [0.25, 0.3) is 0 Å². The predicted molar refractivity (Wildman–Crippen MR) is 53.3 cm³/mol. The van der Waals surface area contributed by atoms with Crippen LogP contribution >= 0.6 is 0 Å². The van der Waals surface area contributed by atoms with E-state index in [0.29, 0.717) is 13.0 Å². The third kappa shape index (κ3) is 3.20. The fourth-order valence-electron chi connectivity index (χ4n) is 1.53. The molecular weight excluding hydrogens is 198 g/mol. The zero-order valence-corrected chi connectivity index (χ0v) is 9.03. The molecule has 5 nitrogen and oxygen atoms in total. The highest BCUT2D eigenvalue weighted by atomic mass is 16.5. The summed E-state index contributed by atoms with van der Waals surface area (Å²) in [7, 11) is 1.58. The molecule has 0 heterocycles. The van der Waals surface area contributed by atoms with Crippen molar-refractivity contribution >= 4 is 11.9 Å². The summed E-state index contributed by atoms with van der Waals surface area (Å²) in [4.78, 5) is 22.1. The molecule has 2 N–H and O–H groups in total. The predicted octanol–water partition coefficient (Wildman–Crippen LogP) is 0.248. The molecule has 1 amide bonds. The van der Waals surface area contributed by atoms with Gasteiger partial charge in [-0.05, 0) is 12.8 Å². The molecule has 0 aromatic carbocycles. The van der Waals surface area contributed by atoms with Crippen LogP contribution in [-0.4, -0.2) is 36.7 Å². The smallest absolute Gasteiger partial charge is 0.307 e. The normalized spacial score (nSPS) is 25.7. The number of nitrogens with one attached hydrogen (secondary N) is 1. The van der Waals surface area contributed by atoms with Crippen LogP contribution in [0.3, 0.4) is 0 Å². The fraction of sp³-hybridized carbons (Fsp3) is 0.800. The Bertz CT molecular complexity index is 254. The van der Waals surface area contributed by atoms with Crippen molar-refractivity contribution in [2.45, 2.75) is 25.8 Å². The van der Waals surface area contributed by atoms with Crippen LogP contribution in [0.1, 0.15) is 19.8 Å². The summed E-state index contributed by atoms with van der Waals surface area (Å²) >= 11 is 0. The maximum absolute atomic E-state index is 11.5. The van der Waals surface area contributed by atoms with E-state index in [-0.39, 0.29) is 17.9 Å². The van der Waals surface area contributed by atoms with Gasteiger partial charge in [0.05, 0.1) is 24.5 Å². The Kier molecular flexibility index (Phi) is 4.08. The maximum Gasteiger partial charge on any atom is 0.307 e. The number of carbonyl (C=O) groups is 2. The highest BCUT2D eigenvalue weighted by Crippen LogP contribution is 2.38. The molecule has 0 aliphatic heterocycles. The topological polar surface area (TPSA) is 75.6 Å². The molecule has 5 heteroatoms. The number of carbonyl (C=O) groups excluding carboxylic acids is 1. The second-order valence-corrected chi connectivity index (χ2v) is 3.86. The van der Waals surface area contributed by atoms with Crippen molar-refractivity contribution in [3.8, 4) is 0 Å². The van der Waals surface area contributed by atoms with Gasteiger partial charge in [-0.3, -0.25) is 9.59 Å². The van der Waals surface area contributed by atoms with E-state index in [2.05, 4.69) is 5.32 Å². The first-order chi connectivity index (χ1) is 7.10. The van der Waals surface area contributed by atoms with E-state index in [1.165, 1.54) is 0 Å². The van der Waals surface area contributed by atoms with Gasteiger partial charge in [-0.2, -0.15) is 0 Å². The van der Waals surface area contributed by atoms with E-state index in [1.807, 2.05) is 6.92 Å². The molecule has 0 bridgehead atoms. The van der Waals surface area contributed by atoms with E-state index in [4.69, 9.17) is 9.84 Å². The van der Waals surface area contributed by atoms with Gasteiger partial charge in [-0.1, -0.05) is 6.92 Å². The molecule has 1 aliphatic carbocycles. The van der Waals surface area contributed by atoms with Gasteiger partial charge in [0.15, 0.2) is 0 Å². The van der Waals surface area contributed by atoms with Crippen molar-refractivity contribution in [1.82, 2.24) is 5.32 Å². The third-order valence-corrected chi connectivity index (χ3v) is 2.65. The van der Waals surface area contributed by atoms with E-state index in [0.717, 1.165) is 6.42 Å². The van der Waals surface area contributed by atoms with Gasteiger partial charge in [0, 0.05) is 7.11 Å². The first-order valence-electron chi connectivity index (χ1n) is 5.12. The molecule has 1 saturated carbocycles. The van der Waals surface area contributed by atoms with Crippen LogP contribution in [0.15, 0.2) is 0 Å². The highest BCUT2D eigenvalue weighted by molar-refractivity contribution is 5.89. The van der Waals surface area contributed by atoms with Gasteiger partial charge in [0.2, 0.25) is 5.91 Å². The van der Waals surface area contributed by atoms with Crippen molar-refractivity contribution in [2.75, 3.05) is 13.7 Å². The van der Waals surface area contributed by atoms with Crippen molar-refractivity contribution < 1.29 is 19.4 Å². The molecular formula is C10H17NO4. The number of ether oxygens (including phenoxy) is 1.